The average Bonchev–Trinajstić information content (AvgIpc) is 2.89. The second-order valence-electron chi connectivity index (χ2n) is 8.47. The lowest BCUT2D eigenvalue weighted by atomic mass is 9.89. The Hall–Kier alpha value is -1.98. The van der Waals surface area contributed by atoms with E-state index in [4.69, 9.17) is 5.73 Å². The van der Waals surface area contributed by atoms with Crippen LogP contribution in [0.25, 0.3) is 0 Å². The zero-order valence-corrected chi connectivity index (χ0v) is 17.7. The zero-order chi connectivity index (χ0) is 19.8. The second-order valence-corrected chi connectivity index (χ2v) is 9.60. The molecule has 0 spiro atoms. The van der Waals surface area contributed by atoms with Crippen molar-refractivity contribution < 1.29 is 4.79 Å². The van der Waals surface area contributed by atoms with Crippen LogP contribution in [0.5, 0.6) is 0 Å². The highest BCUT2D eigenvalue weighted by Crippen LogP contribution is 2.50. The number of rotatable bonds is 5. The van der Waals surface area contributed by atoms with Crippen molar-refractivity contribution in [2.45, 2.75) is 42.5 Å². The number of carbonyl (C=O) groups is 1. The molecule has 29 heavy (non-hydrogen) atoms. The van der Waals surface area contributed by atoms with Gasteiger partial charge in [-0.1, -0.05) is 24.3 Å². The first kappa shape index (κ1) is 19.0. The Morgan fingerprint density at radius 1 is 1.14 bits per heavy atom. The molecule has 3 heterocycles. The lowest BCUT2D eigenvalue weighted by Crippen LogP contribution is -2.46. The molecular weight excluding hydrogens is 378 g/mol. The molecule has 1 fully saturated rings. The Kier molecular flexibility index (Phi) is 5.27. The number of hydrogen-bond donors (Lipinski definition) is 1. The van der Waals surface area contributed by atoms with Gasteiger partial charge in [-0.15, -0.1) is 11.8 Å². The van der Waals surface area contributed by atoms with Gasteiger partial charge in [-0.25, -0.2) is 0 Å². The molecular formula is C24H29N3OS. The van der Waals surface area contributed by atoms with Crippen LogP contribution in [0.1, 0.15) is 47.5 Å². The summed E-state index contributed by atoms with van der Waals surface area (Å²) in [6.07, 6.45) is 3.97. The van der Waals surface area contributed by atoms with Crippen molar-refractivity contribution in [3.8, 4) is 0 Å². The van der Waals surface area contributed by atoms with Crippen LogP contribution in [0.3, 0.4) is 0 Å². The molecule has 1 unspecified atom stereocenters. The first-order valence-corrected chi connectivity index (χ1v) is 11.8. The predicted octanol–water partition coefficient (Wildman–Crippen LogP) is 4.41. The smallest absolute Gasteiger partial charge is 0.164 e. The number of likely N-dealkylation sites (tertiary alicyclic amines) is 1. The molecule has 3 aliphatic heterocycles. The van der Waals surface area contributed by atoms with Gasteiger partial charge in [0.1, 0.15) is 0 Å². The summed E-state index contributed by atoms with van der Waals surface area (Å²) in [5.41, 5.74) is 10.3. The number of hydrogen-bond acceptors (Lipinski definition) is 5. The van der Waals surface area contributed by atoms with Crippen LogP contribution in [-0.4, -0.2) is 48.7 Å². The molecule has 0 aliphatic carbocycles. The summed E-state index contributed by atoms with van der Waals surface area (Å²) in [5.74, 6) is 2.01. The summed E-state index contributed by atoms with van der Waals surface area (Å²) in [6.45, 7) is 4.44. The zero-order valence-electron chi connectivity index (χ0n) is 16.8. The molecule has 1 saturated heterocycles. The largest absolute Gasteiger partial charge is 0.398 e. The van der Waals surface area contributed by atoms with Crippen molar-refractivity contribution in [1.82, 2.24) is 4.90 Å². The third kappa shape index (κ3) is 3.55. The highest BCUT2D eigenvalue weighted by Gasteiger charge is 2.43. The Morgan fingerprint density at radius 2 is 2.03 bits per heavy atom. The number of fused-ring (bicyclic) bond motifs is 3. The second kappa shape index (κ2) is 8.04. The van der Waals surface area contributed by atoms with Crippen LogP contribution in [-0.2, 0) is 0 Å². The fourth-order valence-corrected chi connectivity index (χ4v) is 6.40. The van der Waals surface area contributed by atoms with E-state index in [-0.39, 0.29) is 5.78 Å². The van der Waals surface area contributed by atoms with E-state index in [9.17, 15) is 4.79 Å². The lowest BCUT2D eigenvalue weighted by Gasteiger charge is -2.39. The fourth-order valence-electron chi connectivity index (χ4n) is 5.36. The van der Waals surface area contributed by atoms with Crippen molar-refractivity contribution in [3.63, 3.8) is 0 Å². The van der Waals surface area contributed by atoms with Gasteiger partial charge in [0.05, 0.1) is 5.69 Å². The first-order chi connectivity index (χ1) is 14.2. The summed E-state index contributed by atoms with van der Waals surface area (Å²) < 4.78 is 0. The summed E-state index contributed by atoms with van der Waals surface area (Å²) >= 11 is 2.03. The Labute approximate surface area is 177 Å². The Morgan fingerprint density at radius 3 is 2.93 bits per heavy atom. The number of benzene rings is 2. The third-order valence-corrected chi connectivity index (χ3v) is 7.85. The normalized spacial score (nSPS) is 23.4. The van der Waals surface area contributed by atoms with Crippen LogP contribution >= 0.6 is 11.8 Å². The molecule has 2 aromatic rings. The number of piperidine rings is 1. The molecule has 0 saturated carbocycles. The summed E-state index contributed by atoms with van der Waals surface area (Å²) in [7, 11) is 0. The highest BCUT2D eigenvalue weighted by molar-refractivity contribution is 7.99. The van der Waals surface area contributed by atoms with Crippen molar-refractivity contribution in [2.24, 2.45) is 0 Å². The van der Waals surface area contributed by atoms with E-state index in [0.29, 0.717) is 29.6 Å². The van der Waals surface area contributed by atoms with Crippen LogP contribution in [0, 0.1) is 0 Å². The van der Waals surface area contributed by atoms with Gasteiger partial charge in [0.15, 0.2) is 5.78 Å². The first-order valence-electron chi connectivity index (χ1n) is 10.8. The van der Waals surface area contributed by atoms with Crippen LogP contribution in [0.15, 0.2) is 47.4 Å². The van der Waals surface area contributed by atoms with Gasteiger partial charge < -0.3 is 15.5 Å². The monoisotopic (exact) mass is 407 g/mol. The predicted molar refractivity (Wildman–Crippen MR) is 121 cm³/mol. The lowest BCUT2D eigenvalue weighted by molar-refractivity contribution is 0.0972. The number of nitrogens with two attached hydrogens (primary N) is 1. The standard InChI is InChI=1S/C24H29N3OS/c25-20-8-2-1-6-18(20)22(28)9-4-12-26-14-11-21-19(16-26)17-7-3-10-23-24(17)27(21)13-5-15-29-23/h1-3,6-8,10,19,21H,4-5,9,11-16,25H2/t19?,21-/m0/s1. The van der Waals surface area contributed by atoms with Crippen LogP contribution in [0.2, 0.25) is 0 Å². The molecule has 2 atom stereocenters. The topological polar surface area (TPSA) is 49.6 Å². The average molecular weight is 408 g/mol. The van der Waals surface area contributed by atoms with E-state index in [1.54, 1.807) is 5.56 Å². The number of anilines is 2. The van der Waals surface area contributed by atoms with Crippen molar-refractivity contribution in [2.75, 3.05) is 42.6 Å². The number of para-hydroxylation sites is 2. The molecule has 0 aromatic heterocycles. The SMILES string of the molecule is Nc1ccccc1C(=O)CCCN1CC[C@H]2C(C1)c1cccc3c1N2CCCS3. The number of carbonyl (C=O) groups excluding carboxylic acids is 1. The van der Waals surface area contributed by atoms with Gasteiger partial charge >= 0.3 is 0 Å². The molecule has 5 heteroatoms. The Bertz CT molecular complexity index is 915. The van der Waals surface area contributed by atoms with E-state index in [1.165, 1.54) is 35.7 Å². The number of thioether (sulfide) groups is 1. The van der Waals surface area contributed by atoms with E-state index in [1.807, 2.05) is 36.0 Å². The molecule has 5 rings (SSSR count). The molecule has 0 bridgehead atoms. The minimum atomic E-state index is 0.166. The van der Waals surface area contributed by atoms with Gasteiger partial charge in [0, 0.05) is 54.2 Å². The molecule has 4 nitrogen and oxygen atoms in total. The summed E-state index contributed by atoms with van der Waals surface area (Å²) in [6, 6.07) is 15.0. The van der Waals surface area contributed by atoms with Crippen molar-refractivity contribution in [3.05, 3.63) is 53.6 Å². The van der Waals surface area contributed by atoms with E-state index >= 15 is 0 Å². The summed E-state index contributed by atoms with van der Waals surface area (Å²) in [4.78, 5) is 19.3. The van der Waals surface area contributed by atoms with Crippen LogP contribution < -0.4 is 10.6 Å². The molecule has 152 valence electrons. The number of nitrogen functional groups attached to an aromatic ring is 1. The minimum Gasteiger partial charge on any atom is -0.398 e. The molecule has 0 amide bonds. The van der Waals surface area contributed by atoms with Gasteiger partial charge in [0.2, 0.25) is 0 Å². The van der Waals surface area contributed by atoms with E-state index in [2.05, 4.69) is 28.0 Å². The molecule has 2 aromatic carbocycles. The van der Waals surface area contributed by atoms with Crippen LogP contribution in [0.4, 0.5) is 11.4 Å². The number of Topliss-reactive ketones (excluding diaryl/α,β-unsaturated/α-hetero) is 1. The van der Waals surface area contributed by atoms with Gasteiger partial charge in [-0.05, 0) is 55.3 Å². The van der Waals surface area contributed by atoms with Gasteiger partial charge in [0.25, 0.3) is 0 Å². The Balaban J connectivity index is 1.23. The van der Waals surface area contributed by atoms with Gasteiger partial charge in [-0.2, -0.15) is 0 Å². The molecule has 3 aliphatic rings. The maximum absolute atomic E-state index is 12.5. The molecule has 0 radical (unpaired) electrons. The van der Waals surface area contributed by atoms with Crippen molar-refractivity contribution in [1.29, 1.82) is 0 Å². The highest BCUT2D eigenvalue weighted by atomic mass is 32.2. The number of ketones is 1. The number of nitrogens with zero attached hydrogens (tertiary/aromatic N) is 2. The van der Waals surface area contributed by atoms with E-state index in [0.717, 1.165) is 26.1 Å². The summed E-state index contributed by atoms with van der Waals surface area (Å²) in [5, 5.41) is 0. The maximum atomic E-state index is 12.5. The minimum absolute atomic E-state index is 0.166. The quantitative estimate of drug-likeness (QED) is 0.588. The van der Waals surface area contributed by atoms with E-state index < -0.39 is 0 Å². The van der Waals surface area contributed by atoms with Gasteiger partial charge in [-0.3, -0.25) is 4.79 Å². The van der Waals surface area contributed by atoms with Crippen molar-refractivity contribution >= 4 is 28.9 Å². The maximum Gasteiger partial charge on any atom is 0.164 e. The third-order valence-electron chi connectivity index (χ3n) is 6.72. The fraction of sp³-hybridized carbons (Fsp3) is 0.458. The molecule has 2 N–H and O–H groups in total.